The second-order valence-electron chi connectivity index (χ2n) is 3.50. The molecule has 2 aromatic heterocycles. The van der Waals surface area contributed by atoms with Crippen LogP contribution in [0.5, 0.6) is 0 Å². The third kappa shape index (κ3) is 3.10. The maximum absolute atomic E-state index is 11.9. The highest BCUT2D eigenvalue weighted by atomic mass is 79.9. The van der Waals surface area contributed by atoms with E-state index in [-0.39, 0.29) is 5.91 Å². The molecule has 0 aromatic carbocycles. The highest BCUT2D eigenvalue weighted by molar-refractivity contribution is 9.10. The van der Waals surface area contributed by atoms with Crippen LogP contribution in [0.4, 0.5) is 5.82 Å². The van der Waals surface area contributed by atoms with E-state index in [2.05, 4.69) is 31.2 Å². The summed E-state index contributed by atoms with van der Waals surface area (Å²) < 4.78 is 0.869. The highest BCUT2D eigenvalue weighted by Crippen LogP contribution is 2.13. The first-order valence-electron chi connectivity index (χ1n) is 5.01. The summed E-state index contributed by atoms with van der Waals surface area (Å²) >= 11 is 3.32. The van der Waals surface area contributed by atoms with E-state index >= 15 is 0 Å². The van der Waals surface area contributed by atoms with Gasteiger partial charge in [-0.25, -0.2) is 4.98 Å². The van der Waals surface area contributed by atoms with Crippen LogP contribution in [0.25, 0.3) is 0 Å². The average Bonchev–Trinajstić information content (AvgIpc) is 2.29. The van der Waals surface area contributed by atoms with Crippen molar-refractivity contribution in [1.82, 2.24) is 9.97 Å². The Kier molecular flexibility index (Phi) is 3.49. The molecule has 0 aliphatic carbocycles. The molecular formula is C12H10BrN3O. The van der Waals surface area contributed by atoms with Gasteiger partial charge in [0.15, 0.2) is 0 Å². The largest absolute Gasteiger partial charge is 0.307 e. The Morgan fingerprint density at radius 2 is 2.00 bits per heavy atom. The average molecular weight is 292 g/mol. The first-order valence-corrected chi connectivity index (χ1v) is 5.80. The van der Waals surface area contributed by atoms with Crippen LogP contribution < -0.4 is 5.32 Å². The molecule has 0 saturated carbocycles. The summed E-state index contributed by atoms with van der Waals surface area (Å²) in [7, 11) is 0. The summed E-state index contributed by atoms with van der Waals surface area (Å²) in [4.78, 5) is 20.0. The van der Waals surface area contributed by atoms with Crippen LogP contribution in [0.1, 0.15) is 16.1 Å². The maximum atomic E-state index is 11.9. The number of carbonyl (C=O) groups is 1. The Bertz CT molecular complexity index is 557. The molecule has 4 nitrogen and oxygen atoms in total. The first kappa shape index (κ1) is 11.7. The standard InChI is InChI=1S/C12H10BrN3O/c1-8-6-9(2-4-14-8)12(17)16-11-7-10(13)3-5-15-11/h2-7H,1H3,(H,15,16,17). The quantitative estimate of drug-likeness (QED) is 0.926. The third-order valence-electron chi connectivity index (χ3n) is 2.12. The molecule has 0 bridgehead atoms. The zero-order chi connectivity index (χ0) is 12.3. The van der Waals surface area contributed by atoms with Crippen LogP contribution in [-0.2, 0) is 0 Å². The Morgan fingerprint density at radius 3 is 2.71 bits per heavy atom. The van der Waals surface area contributed by atoms with Crippen LogP contribution in [0.3, 0.4) is 0 Å². The van der Waals surface area contributed by atoms with Crippen molar-refractivity contribution in [2.24, 2.45) is 0 Å². The number of halogens is 1. The number of carbonyl (C=O) groups excluding carboxylic acids is 1. The van der Waals surface area contributed by atoms with Crippen LogP contribution in [0, 0.1) is 6.92 Å². The summed E-state index contributed by atoms with van der Waals surface area (Å²) in [6.07, 6.45) is 3.23. The van der Waals surface area contributed by atoms with Crippen LogP contribution >= 0.6 is 15.9 Å². The molecule has 0 spiro atoms. The summed E-state index contributed by atoms with van der Waals surface area (Å²) in [5, 5.41) is 2.72. The normalized spacial score (nSPS) is 10.0. The van der Waals surface area contributed by atoms with Gasteiger partial charge in [0.1, 0.15) is 5.82 Å². The number of nitrogens with zero attached hydrogens (tertiary/aromatic N) is 2. The van der Waals surface area contributed by atoms with E-state index in [9.17, 15) is 4.79 Å². The Hall–Kier alpha value is -1.75. The molecule has 0 radical (unpaired) electrons. The van der Waals surface area contributed by atoms with Gasteiger partial charge in [-0.3, -0.25) is 9.78 Å². The minimum atomic E-state index is -0.193. The minimum Gasteiger partial charge on any atom is -0.307 e. The molecule has 2 rings (SSSR count). The van der Waals surface area contributed by atoms with Gasteiger partial charge in [-0.15, -0.1) is 0 Å². The van der Waals surface area contributed by atoms with Gasteiger partial charge in [0, 0.05) is 28.1 Å². The third-order valence-corrected chi connectivity index (χ3v) is 2.62. The van der Waals surface area contributed by atoms with Gasteiger partial charge in [0.2, 0.25) is 0 Å². The van der Waals surface area contributed by atoms with Gasteiger partial charge in [-0.1, -0.05) is 15.9 Å². The number of hydrogen-bond acceptors (Lipinski definition) is 3. The monoisotopic (exact) mass is 291 g/mol. The van der Waals surface area contributed by atoms with Gasteiger partial charge in [-0.05, 0) is 31.2 Å². The number of hydrogen-bond donors (Lipinski definition) is 1. The molecular weight excluding hydrogens is 282 g/mol. The van der Waals surface area contributed by atoms with E-state index in [1.165, 1.54) is 0 Å². The number of aryl methyl sites for hydroxylation is 1. The van der Waals surface area contributed by atoms with Crippen LogP contribution in [-0.4, -0.2) is 15.9 Å². The summed E-state index contributed by atoms with van der Waals surface area (Å²) in [6, 6.07) is 6.94. The van der Waals surface area contributed by atoms with Crippen molar-refractivity contribution in [3.63, 3.8) is 0 Å². The van der Waals surface area contributed by atoms with Crippen LogP contribution in [0.15, 0.2) is 41.1 Å². The predicted molar refractivity (Wildman–Crippen MR) is 68.9 cm³/mol. The molecule has 0 atom stereocenters. The molecule has 0 unspecified atom stereocenters. The molecule has 0 saturated heterocycles. The zero-order valence-corrected chi connectivity index (χ0v) is 10.7. The summed E-state index contributed by atoms with van der Waals surface area (Å²) in [6.45, 7) is 1.84. The first-order chi connectivity index (χ1) is 8.15. The lowest BCUT2D eigenvalue weighted by atomic mass is 10.2. The van der Waals surface area contributed by atoms with E-state index < -0.39 is 0 Å². The Labute approximate surface area is 107 Å². The molecule has 1 N–H and O–H groups in total. The van der Waals surface area contributed by atoms with Crippen molar-refractivity contribution >= 4 is 27.7 Å². The SMILES string of the molecule is Cc1cc(C(=O)Nc2cc(Br)ccn2)ccn1. The maximum Gasteiger partial charge on any atom is 0.256 e. The molecule has 17 heavy (non-hydrogen) atoms. The predicted octanol–water partition coefficient (Wildman–Crippen LogP) is 2.80. The number of amides is 1. The van der Waals surface area contributed by atoms with Crippen molar-refractivity contribution in [1.29, 1.82) is 0 Å². The lowest BCUT2D eigenvalue weighted by molar-refractivity contribution is 0.102. The Morgan fingerprint density at radius 1 is 1.24 bits per heavy atom. The highest BCUT2D eigenvalue weighted by Gasteiger charge is 2.07. The molecule has 1 amide bonds. The zero-order valence-electron chi connectivity index (χ0n) is 9.14. The molecule has 0 fully saturated rings. The van der Waals surface area contributed by atoms with E-state index in [0.29, 0.717) is 11.4 Å². The fourth-order valence-corrected chi connectivity index (χ4v) is 1.68. The number of pyridine rings is 2. The van der Waals surface area contributed by atoms with Gasteiger partial charge < -0.3 is 5.32 Å². The number of aromatic nitrogens is 2. The lowest BCUT2D eigenvalue weighted by Crippen LogP contribution is -2.13. The van der Waals surface area contributed by atoms with Gasteiger partial charge in [0.25, 0.3) is 5.91 Å². The smallest absolute Gasteiger partial charge is 0.256 e. The molecule has 5 heteroatoms. The number of nitrogens with one attached hydrogen (secondary N) is 1. The molecule has 0 aliphatic heterocycles. The van der Waals surface area contributed by atoms with Gasteiger partial charge >= 0.3 is 0 Å². The van der Waals surface area contributed by atoms with Gasteiger partial charge in [-0.2, -0.15) is 0 Å². The van der Waals surface area contributed by atoms with Crippen molar-refractivity contribution < 1.29 is 4.79 Å². The van der Waals surface area contributed by atoms with Crippen molar-refractivity contribution in [3.05, 3.63) is 52.4 Å². The van der Waals surface area contributed by atoms with Crippen molar-refractivity contribution in [2.75, 3.05) is 5.32 Å². The molecule has 2 heterocycles. The van der Waals surface area contributed by atoms with E-state index in [4.69, 9.17) is 0 Å². The molecule has 2 aromatic rings. The van der Waals surface area contributed by atoms with Crippen LogP contribution in [0.2, 0.25) is 0 Å². The second-order valence-corrected chi connectivity index (χ2v) is 4.41. The van der Waals surface area contributed by atoms with E-state index in [0.717, 1.165) is 10.2 Å². The molecule has 0 aliphatic rings. The minimum absolute atomic E-state index is 0.193. The lowest BCUT2D eigenvalue weighted by Gasteiger charge is -2.04. The van der Waals surface area contributed by atoms with E-state index in [1.807, 2.05) is 6.92 Å². The molecule has 86 valence electrons. The second kappa shape index (κ2) is 5.05. The van der Waals surface area contributed by atoms with Gasteiger partial charge in [0.05, 0.1) is 0 Å². The number of rotatable bonds is 2. The fraction of sp³-hybridized carbons (Fsp3) is 0.0833. The number of anilines is 1. The summed E-state index contributed by atoms with van der Waals surface area (Å²) in [5.41, 5.74) is 1.37. The van der Waals surface area contributed by atoms with E-state index in [1.54, 1.807) is 36.7 Å². The topological polar surface area (TPSA) is 54.9 Å². The van der Waals surface area contributed by atoms with Crippen molar-refractivity contribution in [2.45, 2.75) is 6.92 Å². The van der Waals surface area contributed by atoms with Crippen molar-refractivity contribution in [3.8, 4) is 0 Å². The fourth-order valence-electron chi connectivity index (χ4n) is 1.35. The summed E-state index contributed by atoms with van der Waals surface area (Å²) in [5.74, 6) is 0.319. The Balaban J connectivity index is 2.17.